The summed E-state index contributed by atoms with van der Waals surface area (Å²) in [6.07, 6.45) is 0. The summed E-state index contributed by atoms with van der Waals surface area (Å²) in [6.45, 7) is 3.95. The first-order valence-electron chi connectivity index (χ1n) is 5.71. The van der Waals surface area contributed by atoms with E-state index in [9.17, 15) is 9.59 Å². The molecular formula is C13H17BrN2O2. The van der Waals surface area contributed by atoms with Gasteiger partial charge in [-0.15, -0.1) is 0 Å². The van der Waals surface area contributed by atoms with Gasteiger partial charge >= 0.3 is 0 Å². The highest BCUT2D eigenvalue weighted by Crippen LogP contribution is 2.13. The van der Waals surface area contributed by atoms with Crippen LogP contribution in [0.2, 0.25) is 0 Å². The van der Waals surface area contributed by atoms with Gasteiger partial charge in [0.1, 0.15) is 0 Å². The first-order valence-corrected chi connectivity index (χ1v) is 6.51. The number of benzene rings is 1. The summed E-state index contributed by atoms with van der Waals surface area (Å²) in [6, 6.07) is 7.62. The topological polar surface area (TPSA) is 63.4 Å². The molecule has 0 aromatic heterocycles. The van der Waals surface area contributed by atoms with Crippen LogP contribution in [0.4, 0.5) is 0 Å². The van der Waals surface area contributed by atoms with Gasteiger partial charge in [-0.1, -0.05) is 41.9 Å². The molecule has 4 nitrogen and oxygen atoms in total. The number of nitrogens with zero attached hydrogens (tertiary/aromatic N) is 1. The Labute approximate surface area is 115 Å². The Hall–Kier alpha value is -1.36. The van der Waals surface area contributed by atoms with Gasteiger partial charge in [-0.05, 0) is 17.7 Å². The van der Waals surface area contributed by atoms with Crippen molar-refractivity contribution in [2.75, 3.05) is 6.54 Å². The Kier molecular flexibility index (Phi) is 5.34. The normalized spacial score (nSPS) is 10.4. The van der Waals surface area contributed by atoms with E-state index < -0.39 is 5.91 Å². The lowest BCUT2D eigenvalue weighted by Gasteiger charge is -2.23. The van der Waals surface area contributed by atoms with Crippen molar-refractivity contribution in [2.24, 2.45) is 11.7 Å². The molecule has 0 radical (unpaired) electrons. The van der Waals surface area contributed by atoms with E-state index in [2.05, 4.69) is 15.9 Å². The first kappa shape index (κ1) is 14.7. The number of amides is 2. The molecule has 18 heavy (non-hydrogen) atoms. The van der Waals surface area contributed by atoms with Crippen LogP contribution in [0.5, 0.6) is 0 Å². The highest BCUT2D eigenvalue weighted by molar-refractivity contribution is 9.10. The fraction of sp³-hybridized carbons (Fsp3) is 0.385. The largest absolute Gasteiger partial charge is 0.368 e. The van der Waals surface area contributed by atoms with Crippen molar-refractivity contribution in [1.29, 1.82) is 0 Å². The number of rotatable bonds is 5. The summed E-state index contributed by atoms with van der Waals surface area (Å²) in [4.78, 5) is 24.4. The van der Waals surface area contributed by atoms with Gasteiger partial charge in [0.05, 0.1) is 6.54 Å². The summed E-state index contributed by atoms with van der Waals surface area (Å²) in [5.74, 6) is -0.724. The molecule has 0 bridgehead atoms. The van der Waals surface area contributed by atoms with Gasteiger partial charge in [-0.3, -0.25) is 9.59 Å². The van der Waals surface area contributed by atoms with Crippen molar-refractivity contribution in [1.82, 2.24) is 4.90 Å². The second-order valence-electron chi connectivity index (χ2n) is 4.44. The van der Waals surface area contributed by atoms with Crippen LogP contribution in [0.15, 0.2) is 28.7 Å². The molecule has 0 aliphatic carbocycles. The Morgan fingerprint density at radius 2 is 1.83 bits per heavy atom. The Balaban J connectivity index is 2.81. The van der Waals surface area contributed by atoms with E-state index in [4.69, 9.17) is 5.73 Å². The number of nitrogens with two attached hydrogens (primary N) is 1. The van der Waals surface area contributed by atoms with Crippen LogP contribution in [0.3, 0.4) is 0 Å². The van der Waals surface area contributed by atoms with Crippen molar-refractivity contribution < 1.29 is 9.59 Å². The summed E-state index contributed by atoms with van der Waals surface area (Å²) >= 11 is 3.35. The molecule has 2 N–H and O–H groups in total. The molecule has 98 valence electrons. The number of carbonyl (C=O) groups is 2. The molecule has 0 aliphatic heterocycles. The Morgan fingerprint density at radius 1 is 1.28 bits per heavy atom. The maximum Gasteiger partial charge on any atom is 0.237 e. The van der Waals surface area contributed by atoms with Crippen LogP contribution in [0.1, 0.15) is 19.4 Å². The molecular weight excluding hydrogens is 296 g/mol. The molecule has 1 aromatic rings. The average molecular weight is 313 g/mol. The minimum Gasteiger partial charge on any atom is -0.368 e. The molecule has 5 heteroatoms. The van der Waals surface area contributed by atoms with Crippen LogP contribution in [-0.4, -0.2) is 23.3 Å². The maximum absolute atomic E-state index is 12.0. The zero-order valence-electron chi connectivity index (χ0n) is 10.5. The van der Waals surface area contributed by atoms with Crippen molar-refractivity contribution in [3.8, 4) is 0 Å². The van der Waals surface area contributed by atoms with Gasteiger partial charge in [-0.2, -0.15) is 0 Å². The molecule has 0 aliphatic rings. The molecule has 0 saturated heterocycles. The van der Waals surface area contributed by atoms with E-state index in [1.807, 2.05) is 24.3 Å². The van der Waals surface area contributed by atoms with Crippen molar-refractivity contribution in [3.63, 3.8) is 0 Å². The molecule has 0 heterocycles. The van der Waals surface area contributed by atoms with Gasteiger partial charge in [0.15, 0.2) is 0 Å². The number of hydrogen-bond donors (Lipinski definition) is 1. The van der Waals surface area contributed by atoms with E-state index in [1.165, 1.54) is 4.90 Å². The molecule has 0 fully saturated rings. The van der Waals surface area contributed by atoms with Gasteiger partial charge in [0.25, 0.3) is 0 Å². The minimum absolute atomic E-state index is 0.0485. The number of hydrogen-bond acceptors (Lipinski definition) is 2. The number of carbonyl (C=O) groups excluding carboxylic acids is 2. The van der Waals surface area contributed by atoms with Crippen LogP contribution >= 0.6 is 15.9 Å². The molecule has 0 unspecified atom stereocenters. The number of primary amides is 1. The monoisotopic (exact) mass is 312 g/mol. The summed E-state index contributed by atoms with van der Waals surface area (Å²) in [5, 5.41) is 0. The second kappa shape index (κ2) is 6.54. The lowest BCUT2D eigenvalue weighted by atomic mass is 10.1. The molecule has 0 saturated carbocycles. The third-order valence-electron chi connectivity index (χ3n) is 2.44. The zero-order chi connectivity index (χ0) is 13.7. The minimum atomic E-state index is -0.499. The lowest BCUT2D eigenvalue weighted by molar-refractivity contribution is -0.138. The van der Waals surface area contributed by atoms with E-state index in [0.717, 1.165) is 10.0 Å². The van der Waals surface area contributed by atoms with Crippen molar-refractivity contribution >= 4 is 27.7 Å². The predicted molar refractivity (Wildman–Crippen MR) is 73.6 cm³/mol. The van der Waals surface area contributed by atoms with E-state index in [-0.39, 0.29) is 18.4 Å². The average Bonchev–Trinajstić information content (AvgIpc) is 2.29. The number of halogens is 1. The maximum atomic E-state index is 12.0. The SMILES string of the molecule is CC(C)C(=O)N(CC(N)=O)Cc1ccc(Br)cc1. The Morgan fingerprint density at radius 3 is 2.28 bits per heavy atom. The van der Waals surface area contributed by atoms with Gasteiger partial charge < -0.3 is 10.6 Å². The molecule has 1 rings (SSSR count). The standard InChI is InChI=1S/C13H17BrN2O2/c1-9(2)13(18)16(8-12(15)17)7-10-3-5-11(14)6-4-10/h3-6,9H,7-8H2,1-2H3,(H2,15,17). The molecule has 0 spiro atoms. The third-order valence-corrected chi connectivity index (χ3v) is 2.97. The summed E-state index contributed by atoms with van der Waals surface area (Å²) in [5.41, 5.74) is 6.13. The van der Waals surface area contributed by atoms with Gasteiger partial charge in [0.2, 0.25) is 11.8 Å². The summed E-state index contributed by atoms with van der Waals surface area (Å²) < 4.78 is 0.975. The van der Waals surface area contributed by atoms with E-state index in [1.54, 1.807) is 13.8 Å². The van der Waals surface area contributed by atoms with Gasteiger partial charge in [0, 0.05) is 16.9 Å². The highest BCUT2D eigenvalue weighted by atomic mass is 79.9. The summed E-state index contributed by atoms with van der Waals surface area (Å²) in [7, 11) is 0. The fourth-order valence-electron chi connectivity index (χ4n) is 1.58. The first-order chi connectivity index (χ1) is 8.40. The van der Waals surface area contributed by atoms with Crippen LogP contribution in [0.25, 0.3) is 0 Å². The third kappa shape index (κ3) is 4.49. The molecule has 2 amide bonds. The fourth-order valence-corrected chi connectivity index (χ4v) is 1.84. The highest BCUT2D eigenvalue weighted by Gasteiger charge is 2.18. The molecule has 0 atom stereocenters. The second-order valence-corrected chi connectivity index (χ2v) is 5.36. The van der Waals surface area contributed by atoms with Crippen LogP contribution < -0.4 is 5.73 Å². The van der Waals surface area contributed by atoms with Crippen LogP contribution in [-0.2, 0) is 16.1 Å². The Bertz CT molecular complexity index is 429. The van der Waals surface area contributed by atoms with E-state index in [0.29, 0.717) is 6.54 Å². The van der Waals surface area contributed by atoms with Crippen molar-refractivity contribution in [3.05, 3.63) is 34.3 Å². The van der Waals surface area contributed by atoms with Gasteiger partial charge in [-0.25, -0.2) is 0 Å². The van der Waals surface area contributed by atoms with E-state index >= 15 is 0 Å². The van der Waals surface area contributed by atoms with Crippen molar-refractivity contribution in [2.45, 2.75) is 20.4 Å². The smallest absolute Gasteiger partial charge is 0.237 e. The zero-order valence-corrected chi connectivity index (χ0v) is 12.1. The molecule has 1 aromatic carbocycles. The predicted octanol–water partition coefficient (Wildman–Crippen LogP) is 1.92. The quantitative estimate of drug-likeness (QED) is 0.902. The van der Waals surface area contributed by atoms with Crippen LogP contribution in [0, 0.1) is 5.92 Å². The lowest BCUT2D eigenvalue weighted by Crippen LogP contribution is -2.40.